The molecule has 2 aromatic rings. The highest BCUT2D eigenvalue weighted by atomic mass is 16.5. The summed E-state index contributed by atoms with van der Waals surface area (Å²) < 4.78 is 16.6. The van der Waals surface area contributed by atoms with Crippen LogP contribution in [0.1, 0.15) is 44.0 Å². The van der Waals surface area contributed by atoms with Crippen molar-refractivity contribution in [3.63, 3.8) is 0 Å². The first-order valence-corrected chi connectivity index (χ1v) is 11.3. The number of ether oxygens (including phenoxy) is 2. The van der Waals surface area contributed by atoms with Crippen LogP contribution in [0.2, 0.25) is 0 Å². The van der Waals surface area contributed by atoms with Gasteiger partial charge < -0.3 is 24.6 Å². The van der Waals surface area contributed by atoms with Gasteiger partial charge in [-0.25, -0.2) is 0 Å². The first kappa shape index (κ1) is 23.2. The topological polar surface area (TPSA) is 93.8 Å². The number of hydrogen-bond acceptors (Lipinski definition) is 6. The SMILES string of the molecule is CCCc1noc(-c2cccc(CNC(=NC)NCCCOCC3CCOCC3)c2)n1. The minimum absolute atomic E-state index is 0.563. The quantitative estimate of drug-likeness (QED) is 0.322. The molecule has 3 rings (SSSR count). The van der Waals surface area contributed by atoms with Gasteiger partial charge in [-0.2, -0.15) is 4.98 Å². The van der Waals surface area contributed by atoms with Crippen LogP contribution >= 0.6 is 0 Å². The van der Waals surface area contributed by atoms with Crippen molar-refractivity contribution < 1.29 is 14.0 Å². The second-order valence-corrected chi connectivity index (χ2v) is 7.80. The van der Waals surface area contributed by atoms with Gasteiger partial charge in [-0.3, -0.25) is 4.99 Å². The van der Waals surface area contributed by atoms with Crippen LogP contribution in [0.4, 0.5) is 0 Å². The summed E-state index contributed by atoms with van der Waals surface area (Å²) in [6.07, 6.45) is 4.99. The lowest BCUT2D eigenvalue weighted by molar-refractivity contribution is 0.0203. The second-order valence-electron chi connectivity index (χ2n) is 7.80. The van der Waals surface area contributed by atoms with Gasteiger partial charge in [-0.05, 0) is 49.3 Å². The molecule has 1 fully saturated rings. The van der Waals surface area contributed by atoms with Crippen molar-refractivity contribution in [2.75, 3.05) is 40.0 Å². The first-order valence-electron chi connectivity index (χ1n) is 11.3. The van der Waals surface area contributed by atoms with E-state index in [1.807, 2.05) is 12.1 Å². The lowest BCUT2D eigenvalue weighted by Gasteiger charge is -2.21. The fraction of sp³-hybridized carbons (Fsp3) is 0.609. The number of nitrogens with one attached hydrogen (secondary N) is 2. The summed E-state index contributed by atoms with van der Waals surface area (Å²) >= 11 is 0. The predicted molar refractivity (Wildman–Crippen MR) is 121 cm³/mol. The number of nitrogens with zero attached hydrogens (tertiary/aromatic N) is 3. The van der Waals surface area contributed by atoms with E-state index in [1.54, 1.807) is 7.05 Å². The fourth-order valence-electron chi connectivity index (χ4n) is 3.46. The van der Waals surface area contributed by atoms with Crippen molar-refractivity contribution in [1.82, 2.24) is 20.8 Å². The Morgan fingerprint density at radius 2 is 2.13 bits per heavy atom. The molecule has 0 bridgehead atoms. The number of guanidine groups is 1. The zero-order valence-electron chi connectivity index (χ0n) is 18.7. The lowest BCUT2D eigenvalue weighted by Crippen LogP contribution is -2.37. The van der Waals surface area contributed by atoms with E-state index < -0.39 is 0 Å². The third kappa shape index (κ3) is 7.95. The molecule has 8 heteroatoms. The molecular formula is C23H35N5O3. The molecule has 1 saturated heterocycles. The first-order chi connectivity index (χ1) is 15.3. The molecule has 0 atom stereocenters. The molecule has 2 heterocycles. The molecule has 2 N–H and O–H groups in total. The summed E-state index contributed by atoms with van der Waals surface area (Å²) in [6.45, 7) is 6.91. The van der Waals surface area contributed by atoms with Crippen LogP contribution in [-0.2, 0) is 22.4 Å². The van der Waals surface area contributed by atoms with Gasteiger partial charge in [-0.1, -0.05) is 24.2 Å². The molecule has 1 aliphatic rings. The number of aliphatic imine (C=N–C) groups is 1. The van der Waals surface area contributed by atoms with E-state index in [2.05, 4.69) is 44.8 Å². The van der Waals surface area contributed by atoms with E-state index in [1.165, 1.54) is 0 Å². The number of aromatic nitrogens is 2. The van der Waals surface area contributed by atoms with Crippen molar-refractivity contribution in [3.8, 4) is 11.5 Å². The molecule has 0 amide bonds. The Labute approximate surface area is 184 Å². The van der Waals surface area contributed by atoms with E-state index in [9.17, 15) is 0 Å². The van der Waals surface area contributed by atoms with Crippen molar-refractivity contribution in [3.05, 3.63) is 35.7 Å². The lowest BCUT2D eigenvalue weighted by atomic mass is 10.0. The average molecular weight is 430 g/mol. The monoisotopic (exact) mass is 429 g/mol. The summed E-state index contributed by atoms with van der Waals surface area (Å²) in [4.78, 5) is 8.76. The molecule has 1 aromatic carbocycles. The second kappa shape index (κ2) is 13.1. The molecule has 0 radical (unpaired) electrons. The van der Waals surface area contributed by atoms with Gasteiger partial charge in [-0.15, -0.1) is 0 Å². The van der Waals surface area contributed by atoms with E-state index in [0.717, 1.165) is 88.0 Å². The molecule has 170 valence electrons. The molecule has 1 aromatic heterocycles. The Hall–Kier alpha value is -2.45. The number of hydrogen-bond donors (Lipinski definition) is 2. The third-order valence-electron chi connectivity index (χ3n) is 5.25. The van der Waals surface area contributed by atoms with Crippen LogP contribution in [0.5, 0.6) is 0 Å². The van der Waals surface area contributed by atoms with E-state index in [4.69, 9.17) is 14.0 Å². The van der Waals surface area contributed by atoms with Crippen LogP contribution in [0.15, 0.2) is 33.8 Å². The molecule has 0 unspecified atom stereocenters. The number of rotatable bonds is 11. The summed E-state index contributed by atoms with van der Waals surface area (Å²) in [6, 6.07) is 8.12. The van der Waals surface area contributed by atoms with Crippen molar-refractivity contribution >= 4 is 5.96 Å². The largest absolute Gasteiger partial charge is 0.381 e. The summed E-state index contributed by atoms with van der Waals surface area (Å²) in [5.41, 5.74) is 2.05. The molecule has 0 aliphatic carbocycles. The summed E-state index contributed by atoms with van der Waals surface area (Å²) in [7, 11) is 1.78. The molecule has 1 aliphatic heterocycles. The van der Waals surface area contributed by atoms with E-state index in [0.29, 0.717) is 18.4 Å². The van der Waals surface area contributed by atoms with Crippen molar-refractivity contribution in [2.45, 2.75) is 45.6 Å². The Kier molecular flexibility index (Phi) is 9.79. The highest BCUT2D eigenvalue weighted by Gasteiger charge is 2.13. The Morgan fingerprint density at radius 3 is 2.94 bits per heavy atom. The third-order valence-corrected chi connectivity index (χ3v) is 5.25. The number of benzene rings is 1. The van der Waals surface area contributed by atoms with Gasteiger partial charge in [0.15, 0.2) is 11.8 Å². The maximum Gasteiger partial charge on any atom is 0.257 e. The van der Waals surface area contributed by atoms with Crippen LogP contribution in [0, 0.1) is 5.92 Å². The zero-order chi connectivity index (χ0) is 21.7. The minimum atomic E-state index is 0.563. The van der Waals surface area contributed by atoms with Gasteiger partial charge in [0.1, 0.15) is 0 Å². The van der Waals surface area contributed by atoms with Crippen LogP contribution in [-0.4, -0.2) is 56.1 Å². The molecule has 0 spiro atoms. The fourth-order valence-corrected chi connectivity index (χ4v) is 3.46. The Morgan fingerprint density at radius 1 is 1.26 bits per heavy atom. The van der Waals surface area contributed by atoms with Gasteiger partial charge in [0.05, 0.1) is 0 Å². The van der Waals surface area contributed by atoms with E-state index >= 15 is 0 Å². The predicted octanol–water partition coefficient (Wildman–Crippen LogP) is 3.19. The van der Waals surface area contributed by atoms with Gasteiger partial charge in [0.2, 0.25) is 0 Å². The van der Waals surface area contributed by atoms with Gasteiger partial charge in [0, 0.05) is 58.5 Å². The van der Waals surface area contributed by atoms with Crippen LogP contribution in [0.3, 0.4) is 0 Å². The summed E-state index contributed by atoms with van der Waals surface area (Å²) in [5.74, 6) is 2.74. The molecule has 0 saturated carbocycles. The molecule has 31 heavy (non-hydrogen) atoms. The minimum Gasteiger partial charge on any atom is -0.381 e. The highest BCUT2D eigenvalue weighted by Crippen LogP contribution is 2.19. The zero-order valence-corrected chi connectivity index (χ0v) is 18.7. The van der Waals surface area contributed by atoms with E-state index in [-0.39, 0.29) is 0 Å². The van der Waals surface area contributed by atoms with Crippen molar-refractivity contribution in [2.24, 2.45) is 10.9 Å². The van der Waals surface area contributed by atoms with Crippen LogP contribution < -0.4 is 10.6 Å². The maximum absolute atomic E-state index is 5.81. The Balaban J connectivity index is 1.36. The highest BCUT2D eigenvalue weighted by molar-refractivity contribution is 5.79. The average Bonchev–Trinajstić information content (AvgIpc) is 3.28. The maximum atomic E-state index is 5.81. The Bertz CT molecular complexity index is 802. The number of aryl methyl sites for hydroxylation is 1. The smallest absolute Gasteiger partial charge is 0.257 e. The summed E-state index contributed by atoms with van der Waals surface area (Å²) in [5, 5.41) is 10.7. The van der Waals surface area contributed by atoms with Gasteiger partial charge >= 0.3 is 0 Å². The van der Waals surface area contributed by atoms with Crippen LogP contribution in [0.25, 0.3) is 11.5 Å². The standard InChI is InChI=1S/C23H35N5O3/c1-3-6-21-27-22(31-28-21)20-8-4-7-19(15-20)16-26-23(24-2)25-11-5-12-30-17-18-9-13-29-14-10-18/h4,7-8,15,18H,3,5-6,9-14,16-17H2,1-2H3,(H2,24,25,26). The van der Waals surface area contributed by atoms with Crippen molar-refractivity contribution in [1.29, 1.82) is 0 Å². The molecule has 8 nitrogen and oxygen atoms in total. The normalized spacial score (nSPS) is 15.2. The molecular weight excluding hydrogens is 394 g/mol. The van der Waals surface area contributed by atoms with Gasteiger partial charge in [0.25, 0.3) is 5.89 Å².